The number of hydrogen-bond acceptors (Lipinski definition) is 6. The average molecular weight is 439 g/mol. The van der Waals surface area contributed by atoms with Crippen LogP contribution in [0.2, 0.25) is 0 Å². The minimum atomic E-state index is -3.69. The summed E-state index contributed by atoms with van der Waals surface area (Å²) in [5, 5.41) is 2.64. The fourth-order valence-electron chi connectivity index (χ4n) is 2.78. The SMILES string of the molecule is COC(=O)c1ccc(C(=O)Nc2ccc(S(=O)(=O)N(C)Cc3ccccc3)cc2)nc1. The summed E-state index contributed by atoms with van der Waals surface area (Å²) in [5.41, 5.74) is 1.62. The van der Waals surface area contributed by atoms with Crippen LogP contribution in [0.3, 0.4) is 0 Å². The number of pyridine rings is 1. The number of sulfonamides is 1. The molecule has 0 bridgehead atoms. The quantitative estimate of drug-likeness (QED) is 0.568. The summed E-state index contributed by atoms with van der Waals surface area (Å²) in [6.07, 6.45) is 1.25. The second-order valence-electron chi connectivity index (χ2n) is 6.65. The molecule has 160 valence electrons. The fourth-order valence-corrected chi connectivity index (χ4v) is 3.94. The molecule has 1 aromatic heterocycles. The number of ether oxygens (including phenoxy) is 1. The molecule has 0 aliphatic heterocycles. The Kier molecular flexibility index (Phi) is 6.78. The van der Waals surface area contributed by atoms with Gasteiger partial charge >= 0.3 is 5.97 Å². The Morgan fingerprint density at radius 1 is 1.00 bits per heavy atom. The van der Waals surface area contributed by atoms with Crippen LogP contribution in [0.1, 0.15) is 26.4 Å². The first kappa shape index (κ1) is 22.1. The summed E-state index contributed by atoms with van der Waals surface area (Å²) >= 11 is 0. The third kappa shape index (κ3) is 5.33. The third-order valence-electron chi connectivity index (χ3n) is 4.49. The van der Waals surface area contributed by atoms with Gasteiger partial charge in [-0.05, 0) is 42.0 Å². The molecule has 1 heterocycles. The molecule has 0 aliphatic carbocycles. The summed E-state index contributed by atoms with van der Waals surface area (Å²) in [5.74, 6) is -1.04. The first-order valence-corrected chi connectivity index (χ1v) is 10.7. The van der Waals surface area contributed by atoms with Gasteiger partial charge in [0.2, 0.25) is 10.0 Å². The molecule has 3 rings (SSSR count). The maximum absolute atomic E-state index is 12.8. The summed E-state index contributed by atoms with van der Waals surface area (Å²) in [6.45, 7) is 0.245. The number of hydrogen-bond donors (Lipinski definition) is 1. The number of carbonyl (C=O) groups is 2. The van der Waals surface area contributed by atoms with Gasteiger partial charge in [0.25, 0.3) is 5.91 Å². The third-order valence-corrected chi connectivity index (χ3v) is 6.30. The molecule has 0 aliphatic rings. The van der Waals surface area contributed by atoms with E-state index in [1.807, 2.05) is 30.3 Å². The molecular formula is C22H21N3O5S. The molecular weight excluding hydrogens is 418 g/mol. The molecule has 9 heteroatoms. The van der Waals surface area contributed by atoms with Crippen molar-refractivity contribution in [2.75, 3.05) is 19.5 Å². The fraction of sp³-hybridized carbons (Fsp3) is 0.136. The van der Waals surface area contributed by atoms with E-state index in [9.17, 15) is 18.0 Å². The molecule has 1 N–H and O–H groups in total. The van der Waals surface area contributed by atoms with Crippen molar-refractivity contribution in [2.45, 2.75) is 11.4 Å². The highest BCUT2D eigenvalue weighted by Gasteiger charge is 2.21. The van der Waals surface area contributed by atoms with Gasteiger partial charge in [-0.25, -0.2) is 13.2 Å². The number of methoxy groups -OCH3 is 1. The van der Waals surface area contributed by atoms with Gasteiger partial charge in [0.1, 0.15) is 5.69 Å². The molecule has 0 radical (unpaired) electrons. The maximum atomic E-state index is 12.8. The van der Waals surface area contributed by atoms with E-state index in [2.05, 4.69) is 15.0 Å². The van der Waals surface area contributed by atoms with Crippen molar-refractivity contribution in [1.29, 1.82) is 0 Å². The van der Waals surface area contributed by atoms with E-state index in [0.717, 1.165) is 5.56 Å². The zero-order valence-corrected chi connectivity index (χ0v) is 17.8. The van der Waals surface area contributed by atoms with E-state index in [1.165, 1.54) is 61.1 Å². The van der Waals surface area contributed by atoms with E-state index >= 15 is 0 Å². The Morgan fingerprint density at radius 3 is 2.26 bits per heavy atom. The van der Waals surface area contributed by atoms with E-state index in [4.69, 9.17) is 0 Å². The molecule has 3 aromatic rings. The Bertz CT molecular complexity index is 1160. The molecule has 0 spiro atoms. The van der Waals surface area contributed by atoms with Crippen molar-refractivity contribution in [3.05, 3.63) is 89.7 Å². The van der Waals surface area contributed by atoms with Gasteiger partial charge < -0.3 is 10.1 Å². The maximum Gasteiger partial charge on any atom is 0.339 e. The molecule has 8 nitrogen and oxygen atoms in total. The van der Waals surface area contributed by atoms with Crippen LogP contribution < -0.4 is 5.32 Å². The normalized spacial score (nSPS) is 11.2. The summed E-state index contributed by atoms with van der Waals surface area (Å²) in [4.78, 5) is 27.8. The minimum absolute atomic E-state index is 0.104. The first-order valence-electron chi connectivity index (χ1n) is 9.27. The monoisotopic (exact) mass is 439 g/mol. The highest BCUT2D eigenvalue weighted by Crippen LogP contribution is 2.19. The van der Waals surface area contributed by atoms with Crippen molar-refractivity contribution in [3.8, 4) is 0 Å². The smallest absolute Gasteiger partial charge is 0.339 e. The lowest BCUT2D eigenvalue weighted by atomic mass is 10.2. The number of aromatic nitrogens is 1. The second-order valence-corrected chi connectivity index (χ2v) is 8.69. The van der Waals surface area contributed by atoms with E-state index in [-0.39, 0.29) is 22.7 Å². The van der Waals surface area contributed by atoms with Crippen LogP contribution in [-0.2, 0) is 21.3 Å². The van der Waals surface area contributed by atoms with Crippen molar-refractivity contribution < 1.29 is 22.7 Å². The van der Waals surface area contributed by atoms with Gasteiger partial charge in [0.05, 0.1) is 17.6 Å². The average Bonchev–Trinajstić information content (AvgIpc) is 2.79. The highest BCUT2D eigenvalue weighted by atomic mass is 32.2. The second kappa shape index (κ2) is 9.50. The predicted octanol–water partition coefficient (Wildman–Crippen LogP) is 2.94. The number of nitrogens with zero attached hydrogens (tertiary/aromatic N) is 2. The summed E-state index contributed by atoms with van der Waals surface area (Å²) in [7, 11) is -0.914. The van der Waals surface area contributed by atoms with Crippen molar-refractivity contribution >= 4 is 27.6 Å². The Hall–Kier alpha value is -3.56. The van der Waals surface area contributed by atoms with Crippen LogP contribution in [0, 0.1) is 0 Å². The van der Waals surface area contributed by atoms with Crippen molar-refractivity contribution in [3.63, 3.8) is 0 Å². The number of benzene rings is 2. The molecule has 0 saturated heterocycles. The lowest BCUT2D eigenvalue weighted by molar-refractivity contribution is 0.0600. The number of amides is 1. The highest BCUT2D eigenvalue weighted by molar-refractivity contribution is 7.89. The van der Waals surface area contributed by atoms with Crippen molar-refractivity contribution in [2.24, 2.45) is 0 Å². The van der Waals surface area contributed by atoms with E-state index in [0.29, 0.717) is 5.69 Å². The summed E-state index contributed by atoms with van der Waals surface area (Å²) < 4.78 is 31.4. The first-order chi connectivity index (χ1) is 14.8. The predicted molar refractivity (Wildman–Crippen MR) is 115 cm³/mol. The van der Waals surface area contributed by atoms with Gasteiger partial charge in [0.15, 0.2) is 0 Å². The number of nitrogens with one attached hydrogen (secondary N) is 1. The van der Waals surface area contributed by atoms with Crippen LogP contribution in [0.4, 0.5) is 5.69 Å². The number of rotatable bonds is 7. The molecule has 0 fully saturated rings. The lowest BCUT2D eigenvalue weighted by Crippen LogP contribution is -2.26. The van der Waals surface area contributed by atoms with Gasteiger partial charge in [0, 0.05) is 25.5 Å². The van der Waals surface area contributed by atoms with Crippen LogP contribution in [0.5, 0.6) is 0 Å². The Morgan fingerprint density at radius 2 is 1.68 bits per heavy atom. The summed E-state index contributed by atoms with van der Waals surface area (Å²) in [6, 6.07) is 18.0. The number of carbonyl (C=O) groups excluding carboxylic acids is 2. The van der Waals surface area contributed by atoms with Crippen LogP contribution in [-0.4, -0.2) is 43.7 Å². The zero-order valence-electron chi connectivity index (χ0n) is 17.0. The van der Waals surface area contributed by atoms with Gasteiger partial charge in [-0.1, -0.05) is 30.3 Å². The minimum Gasteiger partial charge on any atom is -0.465 e. The van der Waals surface area contributed by atoms with Crippen LogP contribution in [0.15, 0.2) is 77.8 Å². The lowest BCUT2D eigenvalue weighted by Gasteiger charge is -2.17. The molecule has 1 amide bonds. The topological polar surface area (TPSA) is 106 Å². The van der Waals surface area contributed by atoms with Crippen molar-refractivity contribution in [1.82, 2.24) is 9.29 Å². The Balaban J connectivity index is 1.67. The van der Waals surface area contributed by atoms with Crippen LogP contribution >= 0.6 is 0 Å². The van der Waals surface area contributed by atoms with E-state index in [1.54, 1.807) is 0 Å². The molecule has 0 saturated carbocycles. The largest absolute Gasteiger partial charge is 0.465 e. The zero-order chi connectivity index (χ0) is 22.4. The number of esters is 1. The number of anilines is 1. The van der Waals surface area contributed by atoms with Gasteiger partial charge in [-0.3, -0.25) is 9.78 Å². The van der Waals surface area contributed by atoms with Gasteiger partial charge in [-0.15, -0.1) is 0 Å². The standard InChI is InChI=1S/C22H21N3O5S/c1-25(15-16-6-4-3-5-7-16)31(28,29)19-11-9-18(10-12-19)24-21(26)20-13-8-17(14-23-20)22(27)30-2/h3-14H,15H2,1-2H3,(H,24,26). The van der Waals surface area contributed by atoms with E-state index < -0.39 is 21.9 Å². The van der Waals surface area contributed by atoms with Crippen LogP contribution in [0.25, 0.3) is 0 Å². The molecule has 0 unspecified atom stereocenters. The molecule has 2 aromatic carbocycles. The molecule has 0 atom stereocenters. The Labute approximate surface area is 180 Å². The molecule has 31 heavy (non-hydrogen) atoms. The van der Waals surface area contributed by atoms with Gasteiger partial charge in [-0.2, -0.15) is 4.31 Å².